The zero-order valence-corrected chi connectivity index (χ0v) is 15.3. The maximum absolute atomic E-state index is 13.0. The molecule has 0 amide bonds. The molecule has 0 bridgehead atoms. The molecular formula is C20H17FN2O3S. The van der Waals surface area contributed by atoms with Crippen LogP contribution in [0.1, 0.15) is 33.8 Å². The van der Waals surface area contributed by atoms with Gasteiger partial charge in [-0.05, 0) is 55.7 Å². The summed E-state index contributed by atoms with van der Waals surface area (Å²) in [4.78, 5) is 29.1. The summed E-state index contributed by atoms with van der Waals surface area (Å²) in [7, 11) is 0. The molecule has 5 nitrogen and oxygen atoms in total. The van der Waals surface area contributed by atoms with Gasteiger partial charge in [0.2, 0.25) is 0 Å². The number of halogens is 1. The Bertz CT molecular complexity index is 1030. The first kappa shape index (κ1) is 17.7. The highest BCUT2D eigenvalue weighted by molar-refractivity contribution is 8.00. The third-order valence-electron chi connectivity index (χ3n) is 4.60. The number of ketones is 1. The predicted octanol–water partition coefficient (Wildman–Crippen LogP) is 3.49. The molecule has 0 saturated carbocycles. The van der Waals surface area contributed by atoms with Crippen molar-refractivity contribution in [1.29, 1.82) is 0 Å². The van der Waals surface area contributed by atoms with Crippen molar-refractivity contribution in [3.8, 4) is 0 Å². The zero-order valence-electron chi connectivity index (χ0n) is 14.5. The number of hydrogen-bond acceptors (Lipinski definition) is 5. The zero-order chi connectivity index (χ0) is 18.8. The Morgan fingerprint density at radius 2 is 2.04 bits per heavy atom. The molecule has 1 aliphatic rings. The van der Waals surface area contributed by atoms with Crippen molar-refractivity contribution in [3.63, 3.8) is 0 Å². The first-order chi connectivity index (χ1) is 13.1. The van der Waals surface area contributed by atoms with Gasteiger partial charge in [-0.3, -0.25) is 9.36 Å². The van der Waals surface area contributed by atoms with Gasteiger partial charge < -0.3 is 4.42 Å². The molecule has 0 atom stereocenters. The molecule has 0 unspecified atom stereocenters. The molecule has 2 aromatic heterocycles. The highest BCUT2D eigenvalue weighted by Gasteiger charge is 2.23. The van der Waals surface area contributed by atoms with Gasteiger partial charge in [0.15, 0.2) is 5.78 Å². The second-order valence-electron chi connectivity index (χ2n) is 6.36. The van der Waals surface area contributed by atoms with Crippen molar-refractivity contribution in [2.75, 3.05) is 5.75 Å². The number of carbonyl (C=O) groups is 1. The van der Waals surface area contributed by atoms with E-state index in [9.17, 15) is 14.0 Å². The number of nitrogens with zero attached hydrogens (tertiary/aromatic N) is 2. The van der Waals surface area contributed by atoms with E-state index in [0.29, 0.717) is 22.9 Å². The highest BCUT2D eigenvalue weighted by atomic mass is 32.2. The van der Waals surface area contributed by atoms with Crippen molar-refractivity contribution in [3.05, 3.63) is 81.5 Å². The minimum atomic E-state index is -0.376. The molecule has 3 aromatic rings. The van der Waals surface area contributed by atoms with Crippen LogP contribution in [0.3, 0.4) is 0 Å². The number of rotatable bonds is 6. The monoisotopic (exact) mass is 384 g/mol. The van der Waals surface area contributed by atoms with E-state index in [0.717, 1.165) is 30.5 Å². The van der Waals surface area contributed by atoms with Crippen molar-refractivity contribution < 1.29 is 13.6 Å². The van der Waals surface area contributed by atoms with Crippen LogP contribution in [0, 0.1) is 5.82 Å². The molecule has 0 fully saturated rings. The first-order valence-electron chi connectivity index (χ1n) is 8.68. The largest absolute Gasteiger partial charge is 0.467 e. The normalized spacial score (nSPS) is 12.9. The fourth-order valence-electron chi connectivity index (χ4n) is 3.28. The first-order valence-corrected chi connectivity index (χ1v) is 9.67. The molecule has 1 aromatic carbocycles. The predicted molar refractivity (Wildman–Crippen MR) is 99.8 cm³/mol. The number of hydrogen-bond donors (Lipinski definition) is 0. The van der Waals surface area contributed by atoms with Crippen LogP contribution in [0.2, 0.25) is 0 Å². The number of carbonyl (C=O) groups excluding carboxylic acids is 1. The van der Waals surface area contributed by atoms with E-state index in [4.69, 9.17) is 4.42 Å². The SMILES string of the molecule is O=C(CSc1nc(=O)n(Cc2ccco2)c2c1CCC2)c1ccc(F)cc1. The van der Waals surface area contributed by atoms with Crippen LogP contribution in [0.25, 0.3) is 0 Å². The van der Waals surface area contributed by atoms with Gasteiger partial charge in [-0.2, -0.15) is 4.98 Å². The van der Waals surface area contributed by atoms with E-state index < -0.39 is 0 Å². The van der Waals surface area contributed by atoms with Gasteiger partial charge in [0.1, 0.15) is 16.6 Å². The topological polar surface area (TPSA) is 65.1 Å². The number of fused-ring (bicyclic) bond motifs is 1. The molecule has 0 radical (unpaired) electrons. The third-order valence-corrected chi connectivity index (χ3v) is 5.62. The molecule has 0 N–H and O–H groups in total. The quantitative estimate of drug-likeness (QED) is 0.370. The Morgan fingerprint density at radius 3 is 2.78 bits per heavy atom. The Labute approximate surface area is 159 Å². The molecule has 0 aliphatic heterocycles. The van der Waals surface area contributed by atoms with Crippen LogP contribution in [0.5, 0.6) is 0 Å². The Morgan fingerprint density at radius 1 is 1.22 bits per heavy atom. The van der Waals surface area contributed by atoms with Crippen LogP contribution in [0.15, 0.2) is 56.9 Å². The van der Waals surface area contributed by atoms with Crippen LogP contribution in [-0.4, -0.2) is 21.1 Å². The van der Waals surface area contributed by atoms with Gasteiger partial charge in [0, 0.05) is 16.8 Å². The number of aromatic nitrogens is 2. The lowest BCUT2D eigenvalue weighted by Gasteiger charge is -2.13. The minimum absolute atomic E-state index is 0.117. The summed E-state index contributed by atoms with van der Waals surface area (Å²) in [6, 6.07) is 9.10. The standard InChI is InChI=1S/C20H17FN2O3S/c21-14-8-6-13(7-9-14)18(24)12-27-19-16-4-1-5-17(16)23(20(25)22-19)11-15-3-2-10-26-15/h2-3,6-10H,1,4-5,11-12H2. The summed E-state index contributed by atoms with van der Waals surface area (Å²) in [5.41, 5.74) is 2.14. The van der Waals surface area contributed by atoms with Crippen molar-refractivity contribution >= 4 is 17.5 Å². The fourth-order valence-corrected chi connectivity index (χ4v) is 4.25. The maximum atomic E-state index is 13.0. The Balaban J connectivity index is 1.56. The van der Waals surface area contributed by atoms with E-state index in [1.54, 1.807) is 16.9 Å². The van der Waals surface area contributed by atoms with Gasteiger partial charge in [-0.15, -0.1) is 0 Å². The third kappa shape index (κ3) is 3.73. The fraction of sp³-hybridized carbons (Fsp3) is 0.250. The smallest absolute Gasteiger partial charge is 0.349 e. The molecule has 0 spiro atoms. The highest BCUT2D eigenvalue weighted by Crippen LogP contribution is 2.30. The number of furan rings is 1. The average Bonchev–Trinajstić information content (AvgIpc) is 3.34. The molecule has 2 heterocycles. The lowest BCUT2D eigenvalue weighted by molar-refractivity contribution is 0.102. The van der Waals surface area contributed by atoms with Gasteiger partial charge in [-0.1, -0.05) is 11.8 Å². The second-order valence-corrected chi connectivity index (χ2v) is 7.33. The van der Waals surface area contributed by atoms with Gasteiger partial charge >= 0.3 is 5.69 Å². The Kier molecular flexibility index (Phi) is 4.94. The van der Waals surface area contributed by atoms with E-state index >= 15 is 0 Å². The van der Waals surface area contributed by atoms with E-state index in [1.165, 1.54) is 36.0 Å². The Hall–Kier alpha value is -2.67. The van der Waals surface area contributed by atoms with Crippen molar-refractivity contribution in [1.82, 2.24) is 9.55 Å². The lowest BCUT2D eigenvalue weighted by atomic mass is 10.1. The summed E-state index contributed by atoms with van der Waals surface area (Å²) in [5, 5.41) is 0.624. The summed E-state index contributed by atoms with van der Waals surface area (Å²) in [6.45, 7) is 0.362. The molecule has 7 heteroatoms. The van der Waals surface area contributed by atoms with Crippen LogP contribution in [-0.2, 0) is 19.4 Å². The molecule has 0 saturated heterocycles. The van der Waals surface area contributed by atoms with Crippen LogP contribution >= 0.6 is 11.8 Å². The van der Waals surface area contributed by atoms with E-state index in [-0.39, 0.29) is 23.0 Å². The van der Waals surface area contributed by atoms with E-state index in [2.05, 4.69) is 4.98 Å². The molecule has 27 heavy (non-hydrogen) atoms. The summed E-state index contributed by atoms with van der Waals surface area (Å²) in [6.07, 6.45) is 4.19. The van der Waals surface area contributed by atoms with Crippen LogP contribution in [0.4, 0.5) is 4.39 Å². The number of Topliss-reactive ketones (excluding diaryl/α,β-unsaturated/α-hetero) is 1. The maximum Gasteiger partial charge on any atom is 0.349 e. The van der Waals surface area contributed by atoms with Crippen molar-refractivity contribution in [2.24, 2.45) is 0 Å². The summed E-state index contributed by atoms with van der Waals surface area (Å²) < 4.78 is 20.0. The van der Waals surface area contributed by atoms with Crippen molar-refractivity contribution in [2.45, 2.75) is 30.8 Å². The summed E-state index contributed by atoms with van der Waals surface area (Å²) >= 11 is 1.27. The number of thioether (sulfide) groups is 1. The molecule has 1 aliphatic carbocycles. The average molecular weight is 384 g/mol. The lowest BCUT2D eigenvalue weighted by Crippen LogP contribution is -2.27. The van der Waals surface area contributed by atoms with Gasteiger partial charge in [0.05, 0.1) is 18.6 Å². The minimum Gasteiger partial charge on any atom is -0.467 e. The number of benzene rings is 1. The van der Waals surface area contributed by atoms with Crippen LogP contribution < -0.4 is 5.69 Å². The molecular weight excluding hydrogens is 367 g/mol. The van der Waals surface area contributed by atoms with Gasteiger partial charge in [0.25, 0.3) is 0 Å². The second kappa shape index (κ2) is 7.52. The molecule has 4 rings (SSSR count). The summed E-state index contributed by atoms with van der Waals surface area (Å²) in [5.74, 6) is 0.374. The van der Waals surface area contributed by atoms with Gasteiger partial charge in [-0.25, -0.2) is 9.18 Å². The van der Waals surface area contributed by atoms with E-state index in [1.807, 2.05) is 6.07 Å². The molecule has 138 valence electrons.